The number of hydrogen-bond donors (Lipinski definition) is 1. The minimum Gasteiger partial charge on any atom is -0.329 e. The van der Waals surface area contributed by atoms with E-state index in [1.165, 1.54) is 0 Å². The lowest BCUT2D eigenvalue weighted by Gasteiger charge is -1.96. The second-order valence-corrected chi connectivity index (χ2v) is 3.77. The Kier molecular flexibility index (Phi) is 1.85. The van der Waals surface area contributed by atoms with E-state index in [9.17, 15) is 0 Å². The molecule has 0 spiro atoms. The maximum atomic E-state index is 5.72. The highest BCUT2D eigenvalue weighted by molar-refractivity contribution is 9.10. The van der Waals surface area contributed by atoms with E-state index in [-0.39, 0.29) is 0 Å². The van der Waals surface area contributed by atoms with E-state index in [0.717, 1.165) is 21.1 Å². The number of aromatic nitrogens is 2. The monoisotopic (exact) mass is 244 g/mol. The topological polar surface area (TPSA) is 28.7 Å². The summed E-state index contributed by atoms with van der Waals surface area (Å²) in [5.74, 6) is 0. The molecule has 0 aliphatic heterocycles. The van der Waals surface area contributed by atoms with Crippen molar-refractivity contribution >= 4 is 38.6 Å². The minimum absolute atomic E-state index is 0.427. The van der Waals surface area contributed by atoms with Gasteiger partial charge in [0.05, 0.1) is 5.52 Å². The first-order valence-corrected chi connectivity index (χ1v) is 4.66. The summed E-state index contributed by atoms with van der Waals surface area (Å²) in [7, 11) is 0. The molecule has 0 fully saturated rings. The normalized spacial score (nSPS) is 10.9. The fourth-order valence-electron chi connectivity index (χ4n) is 1.11. The van der Waals surface area contributed by atoms with Gasteiger partial charge in [0.25, 0.3) is 0 Å². The largest absolute Gasteiger partial charge is 0.329 e. The second kappa shape index (κ2) is 2.75. The van der Waals surface area contributed by atoms with E-state index in [1.54, 1.807) is 0 Å². The molecule has 1 aromatic heterocycles. The number of halogens is 2. The highest BCUT2D eigenvalue weighted by atomic mass is 79.9. The first-order chi connectivity index (χ1) is 5.68. The number of H-pyrrole nitrogens is 1. The molecule has 12 heavy (non-hydrogen) atoms. The number of benzene rings is 1. The molecule has 0 unspecified atom stereocenters. The molecule has 0 amide bonds. The van der Waals surface area contributed by atoms with Crippen molar-refractivity contribution in [3.8, 4) is 0 Å². The number of nitrogens with zero attached hydrogens (tertiary/aromatic N) is 1. The molecule has 0 saturated carbocycles. The molecule has 2 rings (SSSR count). The lowest BCUT2D eigenvalue weighted by molar-refractivity contribution is 1.34. The Balaban J connectivity index is 2.89. The lowest BCUT2D eigenvalue weighted by atomic mass is 10.2. The van der Waals surface area contributed by atoms with Crippen molar-refractivity contribution in [3.05, 3.63) is 27.5 Å². The average molecular weight is 246 g/mol. The van der Waals surface area contributed by atoms with Gasteiger partial charge in [-0.25, -0.2) is 4.98 Å². The Morgan fingerprint density at radius 3 is 3.00 bits per heavy atom. The molecule has 1 heterocycles. The van der Waals surface area contributed by atoms with Crippen LogP contribution in [0.15, 0.2) is 16.6 Å². The number of aryl methyl sites for hydroxylation is 1. The summed E-state index contributed by atoms with van der Waals surface area (Å²) in [5.41, 5.74) is 3.00. The van der Waals surface area contributed by atoms with Crippen molar-refractivity contribution in [1.82, 2.24) is 9.97 Å². The first kappa shape index (κ1) is 8.08. The predicted molar refractivity (Wildman–Crippen MR) is 53.5 cm³/mol. The third kappa shape index (κ3) is 1.13. The Morgan fingerprint density at radius 1 is 1.50 bits per heavy atom. The van der Waals surface area contributed by atoms with Crippen LogP contribution in [0, 0.1) is 6.92 Å². The van der Waals surface area contributed by atoms with Crippen LogP contribution in [0.25, 0.3) is 11.0 Å². The summed E-state index contributed by atoms with van der Waals surface area (Å²) in [6.45, 7) is 2.02. The summed E-state index contributed by atoms with van der Waals surface area (Å²) < 4.78 is 1.00. The Hall–Kier alpha value is -0.540. The number of fused-ring (bicyclic) bond motifs is 1. The maximum Gasteiger partial charge on any atom is 0.201 e. The van der Waals surface area contributed by atoms with E-state index in [0.29, 0.717) is 5.28 Å². The molecule has 0 atom stereocenters. The summed E-state index contributed by atoms with van der Waals surface area (Å²) in [4.78, 5) is 7.09. The Morgan fingerprint density at radius 2 is 2.25 bits per heavy atom. The molecule has 2 nitrogen and oxygen atoms in total. The summed E-state index contributed by atoms with van der Waals surface area (Å²) >= 11 is 9.17. The smallest absolute Gasteiger partial charge is 0.201 e. The van der Waals surface area contributed by atoms with Gasteiger partial charge < -0.3 is 4.98 Å². The van der Waals surface area contributed by atoms with Crippen LogP contribution < -0.4 is 0 Å². The fraction of sp³-hybridized carbons (Fsp3) is 0.125. The van der Waals surface area contributed by atoms with Gasteiger partial charge in [0.2, 0.25) is 5.28 Å². The Labute approximate surface area is 83.1 Å². The fourth-order valence-corrected chi connectivity index (χ4v) is 1.73. The molecule has 62 valence electrons. The van der Waals surface area contributed by atoms with Gasteiger partial charge in [0, 0.05) is 4.47 Å². The zero-order chi connectivity index (χ0) is 8.72. The quantitative estimate of drug-likeness (QED) is 0.758. The van der Waals surface area contributed by atoms with Crippen molar-refractivity contribution in [2.24, 2.45) is 0 Å². The molecule has 0 aliphatic carbocycles. The minimum atomic E-state index is 0.427. The van der Waals surface area contributed by atoms with Crippen LogP contribution in [0.4, 0.5) is 0 Å². The summed E-state index contributed by atoms with van der Waals surface area (Å²) in [6, 6.07) is 3.98. The van der Waals surface area contributed by atoms with E-state index >= 15 is 0 Å². The van der Waals surface area contributed by atoms with Gasteiger partial charge in [0.15, 0.2) is 0 Å². The number of nitrogens with one attached hydrogen (secondary N) is 1. The highest BCUT2D eigenvalue weighted by Gasteiger charge is 2.05. The standard InChI is InChI=1S/C8H6BrClN2/c1-4-2-3-5-7(6(4)9)12-8(10)11-5/h2-3H,1H3,(H,11,12). The number of rotatable bonds is 0. The number of aromatic amines is 1. The van der Waals surface area contributed by atoms with Gasteiger partial charge in [-0.2, -0.15) is 0 Å². The molecule has 2 aromatic rings. The van der Waals surface area contributed by atoms with E-state index < -0.39 is 0 Å². The van der Waals surface area contributed by atoms with Gasteiger partial charge >= 0.3 is 0 Å². The SMILES string of the molecule is Cc1ccc2[nH]c(Cl)nc2c1Br. The van der Waals surface area contributed by atoms with Crippen LogP contribution in [0.5, 0.6) is 0 Å². The number of hydrogen-bond acceptors (Lipinski definition) is 1. The molecule has 0 radical (unpaired) electrons. The van der Waals surface area contributed by atoms with Crippen LogP contribution in [0.2, 0.25) is 5.28 Å². The molecular weight excluding hydrogens is 239 g/mol. The zero-order valence-electron chi connectivity index (χ0n) is 6.36. The highest BCUT2D eigenvalue weighted by Crippen LogP contribution is 2.26. The number of imidazole rings is 1. The lowest BCUT2D eigenvalue weighted by Crippen LogP contribution is -1.77. The third-order valence-electron chi connectivity index (χ3n) is 1.76. The van der Waals surface area contributed by atoms with Crippen molar-refractivity contribution in [2.75, 3.05) is 0 Å². The average Bonchev–Trinajstić information content (AvgIpc) is 2.39. The molecule has 0 saturated heterocycles. The zero-order valence-corrected chi connectivity index (χ0v) is 8.70. The van der Waals surface area contributed by atoms with Crippen molar-refractivity contribution in [1.29, 1.82) is 0 Å². The Bertz CT molecular complexity index is 436. The summed E-state index contributed by atoms with van der Waals surface area (Å²) in [6.07, 6.45) is 0. The molecular formula is C8H6BrClN2. The van der Waals surface area contributed by atoms with E-state index in [1.807, 2.05) is 19.1 Å². The second-order valence-electron chi connectivity index (χ2n) is 2.62. The maximum absolute atomic E-state index is 5.72. The van der Waals surface area contributed by atoms with Crippen LogP contribution in [0.1, 0.15) is 5.56 Å². The third-order valence-corrected chi connectivity index (χ3v) is 2.94. The van der Waals surface area contributed by atoms with Gasteiger partial charge in [-0.3, -0.25) is 0 Å². The molecule has 0 bridgehead atoms. The molecule has 0 aliphatic rings. The van der Waals surface area contributed by atoms with Crippen LogP contribution in [0.3, 0.4) is 0 Å². The van der Waals surface area contributed by atoms with Crippen LogP contribution in [-0.2, 0) is 0 Å². The van der Waals surface area contributed by atoms with Crippen LogP contribution in [-0.4, -0.2) is 9.97 Å². The van der Waals surface area contributed by atoms with Gasteiger partial charge in [-0.05, 0) is 46.1 Å². The van der Waals surface area contributed by atoms with Crippen molar-refractivity contribution < 1.29 is 0 Å². The van der Waals surface area contributed by atoms with Crippen molar-refractivity contribution in [3.63, 3.8) is 0 Å². The predicted octanol–water partition coefficient (Wildman–Crippen LogP) is 3.29. The van der Waals surface area contributed by atoms with Crippen LogP contribution >= 0.6 is 27.5 Å². The molecule has 1 N–H and O–H groups in total. The van der Waals surface area contributed by atoms with Gasteiger partial charge in [0.1, 0.15) is 5.52 Å². The first-order valence-electron chi connectivity index (χ1n) is 3.49. The molecule has 1 aromatic carbocycles. The van der Waals surface area contributed by atoms with E-state index in [4.69, 9.17) is 11.6 Å². The summed E-state index contributed by atoms with van der Waals surface area (Å²) in [5, 5.41) is 0.427. The van der Waals surface area contributed by atoms with Gasteiger partial charge in [-0.15, -0.1) is 0 Å². The van der Waals surface area contributed by atoms with Gasteiger partial charge in [-0.1, -0.05) is 6.07 Å². The van der Waals surface area contributed by atoms with Crippen molar-refractivity contribution in [2.45, 2.75) is 6.92 Å². The molecule has 4 heteroatoms. The van der Waals surface area contributed by atoms with E-state index in [2.05, 4.69) is 25.9 Å².